The molecule has 2 aromatic rings. The van der Waals surface area contributed by atoms with Crippen LogP contribution < -0.4 is 5.32 Å². The smallest absolute Gasteiger partial charge is 0.223 e. The largest absolute Gasteiger partial charge is 0.352 e. The molecule has 0 spiro atoms. The first kappa shape index (κ1) is 16.7. The van der Waals surface area contributed by atoms with Gasteiger partial charge in [-0.3, -0.25) is 9.69 Å². The second-order valence-corrected chi connectivity index (χ2v) is 6.68. The van der Waals surface area contributed by atoms with Gasteiger partial charge >= 0.3 is 0 Å². The Morgan fingerprint density at radius 1 is 1.04 bits per heavy atom. The first-order chi connectivity index (χ1) is 11.7. The Hall–Kier alpha value is -2.13. The van der Waals surface area contributed by atoms with Gasteiger partial charge < -0.3 is 5.32 Å². The van der Waals surface area contributed by atoms with Crippen molar-refractivity contribution in [1.82, 2.24) is 10.2 Å². The van der Waals surface area contributed by atoms with Gasteiger partial charge in [0, 0.05) is 19.0 Å². The molecule has 2 aromatic carbocycles. The van der Waals surface area contributed by atoms with Gasteiger partial charge in [0.15, 0.2) is 0 Å². The molecule has 3 nitrogen and oxygen atoms in total. The zero-order chi connectivity index (χ0) is 16.8. The number of benzene rings is 2. The maximum atomic E-state index is 12.4. The Bertz CT molecular complexity index is 661. The highest BCUT2D eigenvalue weighted by Crippen LogP contribution is 2.19. The number of hydrogen-bond donors (Lipinski definition) is 1. The van der Waals surface area contributed by atoms with Crippen molar-refractivity contribution < 1.29 is 4.79 Å². The van der Waals surface area contributed by atoms with E-state index < -0.39 is 0 Å². The van der Waals surface area contributed by atoms with Crippen LogP contribution in [0.4, 0.5) is 0 Å². The van der Waals surface area contributed by atoms with Gasteiger partial charge in [-0.1, -0.05) is 54.6 Å². The SMILES string of the molecule is Cc1ccccc1CNC(=O)C1CCN(Cc2ccccc2)CC1. The summed E-state index contributed by atoms with van der Waals surface area (Å²) in [6.07, 6.45) is 1.90. The van der Waals surface area contributed by atoms with Crippen LogP contribution in [0.5, 0.6) is 0 Å². The van der Waals surface area contributed by atoms with Crippen LogP contribution in [0.15, 0.2) is 54.6 Å². The molecule has 0 aliphatic carbocycles. The van der Waals surface area contributed by atoms with Crippen LogP contribution in [0.3, 0.4) is 0 Å². The molecule has 1 aliphatic rings. The minimum Gasteiger partial charge on any atom is -0.352 e. The summed E-state index contributed by atoms with van der Waals surface area (Å²) in [5, 5.41) is 3.12. The van der Waals surface area contributed by atoms with E-state index in [2.05, 4.69) is 59.6 Å². The summed E-state index contributed by atoms with van der Waals surface area (Å²) < 4.78 is 0. The summed E-state index contributed by atoms with van der Waals surface area (Å²) in [6, 6.07) is 18.8. The van der Waals surface area contributed by atoms with Crippen LogP contribution in [0.1, 0.15) is 29.5 Å². The summed E-state index contributed by atoms with van der Waals surface area (Å²) in [7, 11) is 0. The van der Waals surface area contributed by atoms with Crippen molar-refractivity contribution in [3.63, 3.8) is 0 Å². The molecular formula is C21H26N2O. The molecule has 3 rings (SSSR count). The van der Waals surface area contributed by atoms with Gasteiger partial charge in [0.05, 0.1) is 0 Å². The number of nitrogens with zero attached hydrogens (tertiary/aromatic N) is 1. The van der Waals surface area contributed by atoms with Crippen LogP contribution >= 0.6 is 0 Å². The number of amides is 1. The monoisotopic (exact) mass is 322 g/mol. The number of aryl methyl sites for hydroxylation is 1. The molecule has 24 heavy (non-hydrogen) atoms. The maximum Gasteiger partial charge on any atom is 0.223 e. The summed E-state index contributed by atoms with van der Waals surface area (Å²) in [5.74, 6) is 0.360. The van der Waals surface area contributed by atoms with Crippen molar-refractivity contribution in [3.05, 3.63) is 71.3 Å². The van der Waals surface area contributed by atoms with Crippen LogP contribution in [-0.2, 0) is 17.9 Å². The summed E-state index contributed by atoms with van der Waals surface area (Å²) in [6.45, 7) is 5.70. The van der Waals surface area contributed by atoms with Crippen molar-refractivity contribution in [2.45, 2.75) is 32.9 Å². The Kier molecular flexibility index (Phi) is 5.65. The molecule has 0 bridgehead atoms. The highest BCUT2D eigenvalue weighted by Gasteiger charge is 2.24. The average molecular weight is 322 g/mol. The fraction of sp³-hybridized carbons (Fsp3) is 0.381. The molecule has 0 saturated carbocycles. The first-order valence-electron chi connectivity index (χ1n) is 8.81. The maximum absolute atomic E-state index is 12.4. The minimum absolute atomic E-state index is 0.154. The fourth-order valence-corrected chi connectivity index (χ4v) is 3.33. The van der Waals surface area contributed by atoms with E-state index in [1.54, 1.807) is 0 Å². The van der Waals surface area contributed by atoms with E-state index in [1.165, 1.54) is 16.7 Å². The standard InChI is InChI=1S/C21H26N2O/c1-17-7-5-6-10-20(17)15-22-21(24)19-11-13-23(14-12-19)16-18-8-3-2-4-9-18/h2-10,19H,11-16H2,1H3,(H,22,24). The highest BCUT2D eigenvalue weighted by atomic mass is 16.1. The molecular weight excluding hydrogens is 296 g/mol. The van der Waals surface area contributed by atoms with E-state index in [-0.39, 0.29) is 11.8 Å². The van der Waals surface area contributed by atoms with E-state index in [0.717, 1.165) is 32.5 Å². The van der Waals surface area contributed by atoms with Crippen molar-refractivity contribution in [2.75, 3.05) is 13.1 Å². The molecule has 1 heterocycles. The Morgan fingerprint density at radius 2 is 1.71 bits per heavy atom. The van der Waals surface area contributed by atoms with Crippen molar-refractivity contribution in [2.24, 2.45) is 5.92 Å². The molecule has 1 amide bonds. The van der Waals surface area contributed by atoms with Gasteiger partial charge in [0.1, 0.15) is 0 Å². The van der Waals surface area contributed by atoms with Crippen molar-refractivity contribution in [1.29, 1.82) is 0 Å². The van der Waals surface area contributed by atoms with E-state index in [4.69, 9.17) is 0 Å². The summed E-state index contributed by atoms with van der Waals surface area (Å²) >= 11 is 0. The van der Waals surface area contributed by atoms with E-state index >= 15 is 0 Å². The van der Waals surface area contributed by atoms with E-state index in [0.29, 0.717) is 6.54 Å². The molecule has 0 atom stereocenters. The van der Waals surface area contributed by atoms with Crippen molar-refractivity contribution in [3.8, 4) is 0 Å². The minimum atomic E-state index is 0.154. The lowest BCUT2D eigenvalue weighted by atomic mass is 9.95. The lowest BCUT2D eigenvalue weighted by molar-refractivity contribution is -0.126. The third kappa shape index (κ3) is 4.45. The number of nitrogens with one attached hydrogen (secondary N) is 1. The fourth-order valence-electron chi connectivity index (χ4n) is 3.33. The molecule has 1 fully saturated rings. The second kappa shape index (κ2) is 8.11. The molecule has 0 aromatic heterocycles. The normalized spacial score (nSPS) is 16.0. The number of piperidine rings is 1. The number of carbonyl (C=O) groups excluding carboxylic acids is 1. The third-order valence-corrected chi connectivity index (χ3v) is 4.92. The van der Waals surface area contributed by atoms with Gasteiger partial charge in [0.25, 0.3) is 0 Å². The van der Waals surface area contributed by atoms with Crippen LogP contribution in [-0.4, -0.2) is 23.9 Å². The Balaban J connectivity index is 1.44. The van der Waals surface area contributed by atoms with Crippen LogP contribution in [0.25, 0.3) is 0 Å². The van der Waals surface area contributed by atoms with Gasteiger partial charge in [-0.25, -0.2) is 0 Å². The van der Waals surface area contributed by atoms with Gasteiger partial charge in [-0.05, 0) is 49.5 Å². The number of hydrogen-bond acceptors (Lipinski definition) is 2. The van der Waals surface area contributed by atoms with Gasteiger partial charge in [0.2, 0.25) is 5.91 Å². The van der Waals surface area contributed by atoms with Crippen LogP contribution in [0.2, 0.25) is 0 Å². The van der Waals surface area contributed by atoms with Gasteiger partial charge in [-0.15, -0.1) is 0 Å². The highest BCUT2D eigenvalue weighted by molar-refractivity contribution is 5.78. The van der Waals surface area contributed by atoms with Gasteiger partial charge in [-0.2, -0.15) is 0 Å². The van der Waals surface area contributed by atoms with E-state index in [9.17, 15) is 4.79 Å². The molecule has 1 N–H and O–H groups in total. The number of likely N-dealkylation sites (tertiary alicyclic amines) is 1. The quantitative estimate of drug-likeness (QED) is 0.913. The number of rotatable bonds is 5. The van der Waals surface area contributed by atoms with Crippen molar-refractivity contribution >= 4 is 5.91 Å². The predicted molar refractivity (Wildman–Crippen MR) is 97.5 cm³/mol. The molecule has 1 saturated heterocycles. The first-order valence-corrected chi connectivity index (χ1v) is 8.81. The average Bonchev–Trinajstić information content (AvgIpc) is 2.62. The zero-order valence-corrected chi connectivity index (χ0v) is 14.4. The predicted octanol–water partition coefficient (Wildman–Crippen LogP) is 3.52. The number of carbonyl (C=O) groups is 1. The molecule has 0 radical (unpaired) electrons. The summed E-state index contributed by atoms with van der Waals surface area (Å²) in [5.41, 5.74) is 3.78. The summed E-state index contributed by atoms with van der Waals surface area (Å²) in [4.78, 5) is 14.9. The molecule has 126 valence electrons. The lowest BCUT2D eigenvalue weighted by Crippen LogP contribution is -2.40. The molecule has 0 unspecified atom stereocenters. The van der Waals surface area contributed by atoms with E-state index in [1.807, 2.05) is 12.1 Å². The molecule has 3 heteroatoms. The lowest BCUT2D eigenvalue weighted by Gasteiger charge is -2.31. The Labute approximate surface area is 144 Å². The zero-order valence-electron chi connectivity index (χ0n) is 14.4. The second-order valence-electron chi connectivity index (χ2n) is 6.68. The van der Waals surface area contributed by atoms with Crippen LogP contribution in [0, 0.1) is 12.8 Å². The third-order valence-electron chi connectivity index (χ3n) is 4.92. The topological polar surface area (TPSA) is 32.3 Å². The molecule has 1 aliphatic heterocycles. The Morgan fingerprint density at radius 3 is 2.42 bits per heavy atom.